The molecule has 5 nitrogen and oxygen atoms in total. The van der Waals surface area contributed by atoms with Gasteiger partial charge in [-0.05, 0) is 37.0 Å². The molecule has 98 valence electrons. The van der Waals surface area contributed by atoms with Crippen molar-refractivity contribution >= 4 is 5.96 Å². The molecule has 1 aromatic rings. The first-order valence-electron chi connectivity index (χ1n) is 6.19. The lowest BCUT2D eigenvalue weighted by molar-refractivity contribution is 0.171. The lowest BCUT2D eigenvalue weighted by Gasteiger charge is -2.18. The van der Waals surface area contributed by atoms with Gasteiger partial charge in [-0.2, -0.15) is 0 Å². The van der Waals surface area contributed by atoms with Crippen LogP contribution in [0.25, 0.3) is 0 Å². The zero-order valence-electron chi connectivity index (χ0n) is 10.4. The van der Waals surface area contributed by atoms with E-state index in [0.29, 0.717) is 19.8 Å². The van der Waals surface area contributed by atoms with Crippen molar-refractivity contribution in [1.29, 1.82) is 0 Å². The van der Waals surface area contributed by atoms with Crippen LogP contribution in [0.5, 0.6) is 11.5 Å². The second-order valence-corrected chi connectivity index (χ2v) is 4.24. The number of ether oxygens (including phenoxy) is 2. The highest BCUT2D eigenvalue weighted by Crippen LogP contribution is 2.31. The number of nitrogens with zero attached hydrogens (tertiary/aromatic N) is 1. The number of unbranched alkanes of at least 4 members (excludes halogenated alkanes) is 1. The molecule has 0 aromatic heterocycles. The van der Waals surface area contributed by atoms with Gasteiger partial charge in [0.25, 0.3) is 0 Å². The number of nitrogens with two attached hydrogens (primary N) is 2. The molecule has 1 aromatic carbocycles. The molecule has 1 aliphatic rings. The van der Waals surface area contributed by atoms with Crippen molar-refractivity contribution in [2.24, 2.45) is 16.5 Å². The average molecular weight is 249 g/mol. The summed E-state index contributed by atoms with van der Waals surface area (Å²) in [4.78, 5) is 3.95. The third kappa shape index (κ3) is 3.55. The Kier molecular flexibility index (Phi) is 4.28. The third-order valence-electron chi connectivity index (χ3n) is 2.77. The van der Waals surface area contributed by atoms with E-state index < -0.39 is 0 Å². The Morgan fingerprint density at radius 1 is 1.11 bits per heavy atom. The zero-order chi connectivity index (χ0) is 12.8. The number of aliphatic imine (C=N–C) groups is 1. The Bertz CT molecular complexity index is 428. The SMILES string of the molecule is NC(N)=NCCCCc1ccc2c(c1)OCCO2. The third-order valence-corrected chi connectivity index (χ3v) is 2.77. The van der Waals surface area contributed by atoms with E-state index in [4.69, 9.17) is 20.9 Å². The van der Waals surface area contributed by atoms with Gasteiger partial charge in [0.2, 0.25) is 0 Å². The molecular formula is C13H19N3O2. The minimum atomic E-state index is 0.161. The Labute approximate surface area is 107 Å². The number of rotatable bonds is 5. The van der Waals surface area contributed by atoms with Crippen LogP contribution >= 0.6 is 0 Å². The van der Waals surface area contributed by atoms with Crippen LogP contribution in [0, 0.1) is 0 Å². The summed E-state index contributed by atoms with van der Waals surface area (Å²) in [7, 11) is 0. The number of hydrogen-bond acceptors (Lipinski definition) is 3. The molecule has 0 fully saturated rings. The maximum absolute atomic E-state index is 5.54. The molecule has 0 spiro atoms. The van der Waals surface area contributed by atoms with Crippen LogP contribution in [-0.4, -0.2) is 25.7 Å². The summed E-state index contributed by atoms with van der Waals surface area (Å²) in [5.41, 5.74) is 11.8. The molecule has 5 heteroatoms. The van der Waals surface area contributed by atoms with Crippen molar-refractivity contribution < 1.29 is 9.47 Å². The summed E-state index contributed by atoms with van der Waals surface area (Å²) < 4.78 is 11.0. The standard InChI is InChI=1S/C13H19N3O2/c14-13(15)16-6-2-1-3-10-4-5-11-12(9-10)18-8-7-17-11/h4-5,9H,1-3,6-8H2,(H4,14,15,16). The van der Waals surface area contributed by atoms with Crippen LogP contribution in [0.2, 0.25) is 0 Å². The summed E-state index contributed by atoms with van der Waals surface area (Å²) in [6.45, 7) is 1.94. The fourth-order valence-corrected chi connectivity index (χ4v) is 1.89. The van der Waals surface area contributed by atoms with E-state index in [0.717, 1.165) is 30.8 Å². The van der Waals surface area contributed by atoms with Crippen LogP contribution in [0.1, 0.15) is 18.4 Å². The molecule has 0 atom stereocenters. The highest BCUT2D eigenvalue weighted by molar-refractivity contribution is 5.75. The van der Waals surface area contributed by atoms with Crippen molar-refractivity contribution in [1.82, 2.24) is 0 Å². The van der Waals surface area contributed by atoms with Crippen LogP contribution in [0.3, 0.4) is 0 Å². The summed E-state index contributed by atoms with van der Waals surface area (Å²) in [5, 5.41) is 0. The number of benzene rings is 1. The first-order valence-corrected chi connectivity index (χ1v) is 6.19. The second-order valence-electron chi connectivity index (χ2n) is 4.24. The normalized spacial score (nSPS) is 13.1. The number of guanidine groups is 1. The van der Waals surface area contributed by atoms with Crippen molar-refractivity contribution in [3.63, 3.8) is 0 Å². The number of fused-ring (bicyclic) bond motifs is 1. The minimum Gasteiger partial charge on any atom is -0.486 e. The van der Waals surface area contributed by atoms with E-state index in [2.05, 4.69) is 17.1 Å². The van der Waals surface area contributed by atoms with Gasteiger partial charge in [0.05, 0.1) is 0 Å². The first-order chi connectivity index (χ1) is 8.75. The average Bonchev–Trinajstić information content (AvgIpc) is 2.38. The van der Waals surface area contributed by atoms with E-state index in [-0.39, 0.29) is 5.96 Å². The van der Waals surface area contributed by atoms with Gasteiger partial charge in [-0.3, -0.25) is 4.99 Å². The van der Waals surface area contributed by atoms with Crippen LogP contribution in [0.15, 0.2) is 23.2 Å². The van der Waals surface area contributed by atoms with Crippen molar-refractivity contribution in [3.8, 4) is 11.5 Å². The zero-order valence-corrected chi connectivity index (χ0v) is 10.4. The molecule has 1 heterocycles. The molecule has 0 saturated heterocycles. The molecule has 4 N–H and O–H groups in total. The fourth-order valence-electron chi connectivity index (χ4n) is 1.89. The van der Waals surface area contributed by atoms with Crippen molar-refractivity contribution in [2.75, 3.05) is 19.8 Å². The second kappa shape index (κ2) is 6.14. The van der Waals surface area contributed by atoms with E-state index in [1.807, 2.05) is 6.07 Å². The molecular weight excluding hydrogens is 230 g/mol. The minimum absolute atomic E-state index is 0.161. The Balaban J connectivity index is 1.81. The highest BCUT2D eigenvalue weighted by Gasteiger charge is 2.11. The van der Waals surface area contributed by atoms with Gasteiger partial charge in [-0.15, -0.1) is 0 Å². The largest absolute Gasteiger partial charge is 0.486 e. The van der Waals surface area contributed by atoms with Crippen molar-refractivity contribution in [2.45, 2.75) is 19.3 Å². The van der Waals surface area contributed by atoms with Gasteiger partial charge in [0, 0.05) is 6.54 Å². The molecule has 0 unspecified atom stereocenters. The summed E-state index contributed by atoms with van der Waals surface area (Å²) >= 11 is 0. The lowest BCUT2D eigenvalue weighted by Crippen LogP contribution is -2.22. The van der Waals surface area contributed by atoms with Gasteiger partial charge >= 0.3 is 0 Å². The van der Waals surface area contributed by atoms with Gasteiger partial charge in [-0.1, -0.05) is 6.07 Å². The summed E-state index contributed by atoms with van der Waals surface area (Å²) in [6, 6.07) is 6.10. The predicted octanol–water partition coefficient (Wildman–Crippen LogP) is 1.05. The van der Waals surface area contributed by atoms with Crippen LogP contribution < -0.4 is 20.9 Å². The predicted molar refractivity (Wildman–Crippen MR) is 71.0 cm³/mol. The number of hydrogen-bond donors (Lipinski definition) is 2. The maximum atomic E-state index is 5.54. The molecule has 0 radical (unpaired) electrons. The Morgan fingerprint density at radius 3 is 2.67 bits per heavy atom. The topological polar surface area (TPSA) is 82.9 Å². The molecule has 18 heavy (non-hydrogen) atoms. The molecule has 0 bridgehead atoms. The summed E-state index contributed by atoms with van der Waals surface area (Å²) in [6.07, 6.45) is 3.03. The molecule has 0 amide bonds. The quantitative estimate of drug-likeness (QED) is 0.464. The van der Waals surface area contributed by atoms with Crippen molar-refractivity contribution in [3.05, 3.63) is 23.8 Å². The van der Waals surface area contributed by atoms with E-state index in [9.17, 15) is 0 Å². The van der Waals surface area contributed by atoms with E-state index in [1.54, 1.807) is 0 Å². The molecule has 1 aliphatic heterocycles. The van der Waals surface area contributed by atoms with Gasteiger partial charge < -0.3 is 20.9 Å². The first kappa shape index (κ1) is 12.5. The monoisotopic (exact) mass is 249 g/mol. The molecule has 0 saturated carbocycles. The maximum Gasteiger partial charge on any atom is 0.185 e. The molecule has 0 aliphatic carbocycles. The van der Waals surface area contributed by atoms with E-state index in [1.165, 1.54) is 5.56 Å². The highest BCUT2D eigenvalue weighted by atomic mass is 16.6. The fraction of sp³-hybridized carbons (Fsp3) is 0.462. The lowest BCUT2D eigenvalue weighted by atomic mass is 10.1. The van der Waals surface area contributed by atoms with Crippen LogP contribution in [0.4, 0.5) is 0 Å². The smallest absolute Gasteiger partial charge is 0.185 e. The number of aryl methyl sites for hydroxylation is 1. The Morgan fingerprint density at radius 2 is 1.89 bits per heavy atom. The van der Waals surface area contributed by atoms with Gasteiger partial charge in [0.1, 0.15) is 13.2 Å². The van der Waals surface area contributed by atoms with Gasteiger partial charge in [0.15, 0.2) is 17.5 Å². The van der Waals surface area contributed by atoms with E-state index >= 15 is 0 Å². The van der Waals surface area contributed by atoms with Crippen LogP contribution in [-0.2, 0) is 6.42 Å². The molecule has 2 rings (SSSR count). The Hall–Kier alpha value is -1.91. The van der Waals surface area contributed by atoms with Gasteiger partial charge in [-0.25, -0.2) is 0 Å². The summed E-state index contributed by atoms with van der Waals surface area (Å²) in [5.74, 6) is 1.85.